The summed E-state index contributed by atoms with van der Waals surface area (Å²) in [6.07, 6.45) is 1.62. The Morgan fingerprint density at radius 2 is 1.79 bits per heavy atom. The zero-order chi connectivity index (χ0) is 19.5. The Morgan fingerprint density at radius 1 is 0.964 bits per heavy atom. The van der Waals surface area contributed by atoms with Crippen LogP contribution in [0.1, 0.15) is 17.3 Å². The molecule has 2 aromatic heterocycles. The molecule has 2 heterocycles. The van der Waals surface area contributed by atoms with Gasteiger partial charge in [-0.3, -0.25) is 9.59 Å². The molecule has 4 aromatic rings. The maximum absolute atomic E-state index is 12.4. The molecule has 138 valence electrons. The smallest absolute Gasteiger partial charge is 0.256 e. The van der Waals surface area contributed by atoms with Crippen LogP contribution in [-0.4, -0.2) is 26.8 Å². The fourth-order valence-corrected chi connectivity index (χ4v) is 2.82. The van der Waals surface area contributed by atoms with Gasteiger partial charge in [0.25, 0.3) is 5.91 Å². The van der Waals surface area contributed by atoms with E-state index in [1.807, 2.05) is 36.4 Å². The lowest BCUT2D eigenvalue weighted by Gasteiger charge is -2.03. The zero-order valence-electron chi connectivity index (χ0n) is 15.1. The van der Waals surface area contributed by atoms with E-state index in [4.69, 9.17) is 0 Å². The number of aromatic amines is 1. The van der Waals surface area contributed by atoms with Crippen LogP contribution in [0.5, 0.6) is 0 Å². The van der Waals surface area contributed by atoms with Crippen LogP contribution >= 0.6 is 0 Å². The number of imidazole rings is 1. The number of nitrogens with zero attached hydrogens (tertiary/aromatic N) is 2. The molecule has 4 rings (SSSR count). The van der Waals surface area contributed by atoms with Crippen molar-refractivity contribution in [2.45, 2.75) is 6.92 Å². The van der Waals surface area contributed by atoms with Crippen molar-refractivity contribution in [2.75, 3.05) is 10.6 Å². The number of pyridine rings is 1. The van der Waals surface area contributed by atoms with E-state index in [1.54, 1.807) is 30.5 Å². The van der Waals surface area contributed by atoms with Crippen LogP contribution in [0.2, 0.25) is 0 Å². The molecule has 0 radical (unpaired) electrons. The summed E-state index contributed by atoms with van der Waals surface area (Å²) in [6.45, 7) is 1.47. The zero-order valence-corrected chi connectivity index (χ0v) is 15.1. The van der Waals surface area contributed by atoms with Crippen molar-refractivity contribution < 1.29 is 9.59 Å². The highest BCUT2D eigenvalue weighted by atomic mass is 16.2. The highest BCUT2D eigenvalue weighted by Crippen LogP contribution is 2.23. The number of amides is 2. The van der Waals surface area contributed by atoms with Crippen LogP contribution in [0, 0.1) is 0 Å². The van der Waals surface area contributed by atoms with Crippen molar-refractivity contribution in [3.05, 3.63) is 72.4 Å². The van der Waals surface area contributed by atoms with E-state index >= 15 is 0 Å². The molecular weight excluding hydrogens is 354 g/mol. The minimum absolute atomic E-state index is 0.118. The molecule has 7 heteroatoms. The van der Waals surface area contributed by atoms with E-state index in [-0.39, 0.29) is 11.8 Å². The van der Waals surface area contributed by atoms with Crippen LogP contribution in [0.25, 0.3) is 22.4 Å². The first kappa shape index (κ1) is 17.4. The Kier molecular flexibility index (Phi) is 4.55. The molecule has 0 atom stereocenters. The van der Waals surface area contributed by atoms with Gasteiger partial charge in [-0.15, -0.1) is 0 Å². The average molecular weight is 371 g/mol. The Bertz CT molecular complexity index is 1150. The van der Waals surface area contributed by atoms with E-state index in [9.17, 15) is 9.59 Å². The second-order valence-electron chi connectivity index (χ2n) is 6.24. The normalized spacial score (nSPS) is 10.6. The first-order chi connectivity index (χ1) is 13.6. The summed E-state index contributed by atoms with van der Waals surface area (Å²) < 4.78 is 0. The van der Waals surface area contributed by atoms with Gasteiger partial charge >= 0.3 is 0 Å². The standard InChI is InChI=1S/C21H17N5O2/c1-13(27)23-16-8-5-14(6-9-16)20-24-17-10-7-15(12-18(17)25-20)21(28)26-19-4-2-3-11-22-19/h2-12H,1H3,(H,23,27)(H,24,25)(H,22,26,28). The number of H-pyrrole nitrogens is 1. The Morgan fingerprint density at radius 3 is 2.50 bits per heavy atom. The molecule has 0 aliphatic carbocycles. The number of hydrogen-bond acceptors (Lipinski definition) is 4. The highest BCUT2D eigenvalue weighted by Gasteiger charge is 2.11. The van der Waals surface area contributed by atoms with Gasteiger partial charge < -0.3 is 15.6 Å². The number of rotatable bonds is 4. The quantitative estimate of drug-likeness (QED) is 0.507. The highest BCUT2D eigenvalue weighted by molar-refractivity contribution is 6.05. The van der Waals surface area contributed by atoms with Crippen molar-refractivity contribution in [3.63, 3.8) is 0 Å². The molecular formula is C21H17N5O2. The summed E-state index contributed by atoms with van der Waals surface area (Å²) in [5.74, 6) is 0.819. The Balaban J connectivity index is 1.58. The van der Waals surface area contributed by atoms with Gasteiger partial charge in [0, 0.05) is 29.9 Å². The minimum atomic E-state index is -0.246. The van der Waals surface area contributed by atoms with Gasteiger partial charge in [0.2, 0.25) is 5.91 Å². The average Bonchev–Trinajstić information content (AvgIpc) is 3.12. The molecule has 3 N–H and O–H groups in total. The molecule has 0 fully saturated rings. The Labute approximate surface area is 160 Å². The first-order valence-corrected chi connectivity index (χ1v) is 8.69. The third-order valence-electron chi connectivity index (χ3n) is 4.13. The topological polar surface area (TPSA) is 99.8 Å². The molecule has 2 amide bonds. The Hall–Kier alpha value is -4.00. The number of carbonyl (C=O) groups is 2. The summed E-state index contributed by atoms with van der Waals surface area (Å²) in [5, 5.41) is 5.49. The van der Waals surface area contributed by atoms with Crippen molar-refractivity contribution in [1.82, 2.24) is 15.0 Å². The third kappa shape index (κ3) is 3.73. The molecule has 28 heavy (non-hydrogen) atoms. The summed E-state index contributed by atoms with van der Waals surface area (Å²) >= 11 is 0. The molecule has 0 saturated carbocycles. The van der Waals surface area contributed by atoms with Crippen LogP contribution in [-0.2, 0) is 4.79 Å². The van der Waals surface area contributed by atoms with Gasteiger partial charge in [-0.05, 0) is 54.6 Å². The molecule has 0 saturated heterocycles. The molecule has 7 nitrogen and oxygen atoms in total. The van der Waals surface area contributed by atoms with E-state index < -0.39 is 0 Å². The van der Waals surface area contributed by atoms with Crippen molar-refractivity contribution >= 4 is 34.4 Å². The fraction of sp³-hybridized carbons (Fsp3) is 0.0476. The van der Waals surface area contributed by atoms with Crippen molar-refractivity contribution in [2.24, 2.45) is 0 Å². The number of carbonyl (C=O) groups excluding carboxylic acids is 2. The number of hydrogen-bond donors (Lipinski definition) is 3. The van der Waals surface area contributed by atoms with E-state index in [0.29, 0.717) is 22.7 Å². The van der Waals surface area contributed by atoms with Crippen LogP contribution in [0.4, 0.5) is 11.5 Å². The summed E-state index contributed by atoms with van der Waals surface area (Å²) in [4.78, 5) is 35.5. The number of anilines is 2. The largest absolute Gasteiger partial charge is 0.338 e. The van der Waals surface area contributed by atoms with Crippen LogP contribution in [0.3, 0.4) is 0 Å². The first-order valence-electron chi connectivity index (χ1n) is 8.69. The van der Waals surface area contributed by atoms with Gasteiger partial charge in [0.15, 0.2) is 0 Å². The van der Waals surface area contributed by atoms with E-state index in [1.165, 1.54) is 6.92 Å². The van der Waals surface area contributed by atoms with E-state index in [2.05, 4.69) is 25.6 Å². The fourth-order valence-electron chi connectivity index (χ4n) is 2.82. The number of aromatic nitrogens is 3. The van der Waals surface area contributed by atoms with Gasteiger partial charge in [-0.1, -0.05) is 6.07 Å². The molecule has 0 spiro atoms. The van der Waals surface area contributed by atoms with Gasteiger partial charge in [0.1, 0.15) is 11.6 Å². The van der Waals surface area contributed by atoms with Gasteiger partial charge in [0.05, 0.1) is 11.0 Å². The second kappa shape index (κ2) is 7.32. The summed E-state index contributed by atoms with van der Waals surface area (Å²) in [7, 11) is 0. The van der Waals surface area contributed by atoms with Crippen molar-refractivity contribution in [1.29, 1.82) is 0 Å². The monoisotopic (exact) mass is 371 g/mol. The lowest BCUT2D eigenvalue weighted by molar-refractivity contribution is -0.114. The lowest BCUT2D eigenvalue weighted by Crippen LogP contribution is -2.12. The van der Waals surface area contributed by atoms with E-state index in [0.717, 1.165) is 16.8 Å². The molecule has 0 unspecified atom stereocenters. The van der Waals surface area contributed by atoms with Crippen LogP contribution < -0.4 is 10.6 Å². The lowest BCUT2D eigenvalue weighted by atomic mass is 10.2. The summed E-state index contributed by atoms with van der Waals surface area (Å²) in [5.41, 5.74) is 3.62. The number of nitrogens with one attached hydrogen (secondary N) is 3. The van der Waals surface area contributed by atoms with Gasteiger partial charge in [-0.2, -0.15) is 0 Å². The predicted octanol–water partition coefficient (Wildman–Crippen LogP) is 3.84. The maximum atomic E-state index is 12.4. The maximum Gasteiger partial charge on any atom is 0.256 e. The third-order valence-corrected chi connectivity index (χ3v) is 4.13. The van der Waals surface area contributed by atoms with Crippen molar-refractivity contribution in [3.8, 4) is 11.4 Å². The predicted molar refractivity (Wildman–Crippen MR) is 108 cm³/mol. The molecule has 2 aromatic carbocycles. The number of benzene rings is 2. The molecule has 0 bridgehead atoms. The second-order valence-corrected chi connectivity index (χ2v) is 6.24. The summed E-state index contributed by atoms with van der Waals surface area (Å²) in [6, 6.07) is 18.0. The minimum Gasteiger partial charge on any atom is -0.338 e. The molecule has 0 aliphatic heterocycles. The molecule has 0 aliphatic rings. The van der Waals surface area contributed by atoms with Crippen LogP contribution in [0.15, 0.2) is 66.9 Å². The van der Waals surface area contributed by atoms with Gasteiger partial charge in [-0.25, -0.2) is 9.97 Å². The SMILES string of the molecule is CC(=O)Nc1ccc(-c2nc3cc(C(=O)Nc4ccccn4)ccc3[nH]2)cc1. The number of fused-ring (bicyclic) bond motifs is 1.